The van der Waals surface area contributed by atoms with E-state index >= 15 is 0 Å². The summed E-state index contributed by atoms with van der Waals surface area (Å²) in [5, 5.41) is 15.4. The second-order valence-corrected chi connectivity index (χ2v) is 4.45. The number of nitrogens with zero attached hydrogens (tertiary/aromatic N) is 2. The van der Waals surface area contributed by atoms with Crippen molar-refractivity contribution < 1.29 is 5.11 Å². The Bertz CT molecular complexity index is 719. The number of nitrogens with one attached hydrogen (secondary N) is 1. The highest BCUT2D eigenvalue weighted by Crippen LogP contribution is 2.35. The summed E-state index contributed by atoms with van der Waals surface area (Å²) in [6, 6.07) is 7.44. The molecule has 0 aliphatic rings. The summed E-state index contributed by atoms with van der Waals surface area (Å²) < 4.78 is 1.58. The van der Waals surface area contributed by atoms with Gasteiger partial charge >= 0.3 is 0 Å². The number of nitrogens with two attached hydrogens (primary N) is 1. The number of phenolic OH excluding ortho intramolecular Hbond substituents is 1. The molecule has 0 saturated heterocycles. The maximum Gasteiger partial charge on any atom is 0.134 e. The van der Waals surface area contributed by atoms with Crippen molar-refractivity contribution >= 4 is 16.7 Å². The molecule has 1 aromatic carbocycles. The third-order valence-corrected chi connectivity index (χ3v) is 3.10. The third-order valence-electron chi connectivity index (χ3n) is 3.10. The first-order valence-corrected chi connectivity index (χ1v) is 5.67. The number of rotatable bonds is 1. The van der Waals surface area contributed by atoms with Gasteiger partial charge in [0.05, 0.1) is 5.69 Å². The lowest BCUT2D eigenvalue weighted by Gasteiger charge is -2.02. The van der Waals surface area contributed by atoms with Gasteiger partial charge in [0.15, 0.2) is 0 Å². The molecule has 5 nitrogen and oxygen atoms in total. The third kappa shape index (κ3) is 1.44. The van der Waals surface area contributed by atoms with E-state index in [4.69, 9.17) is 5.73 Å². The minimum atomic E-state index is 0.231. The number of aromatic hydroxyl groups is 1. The summed E-state index contributed by atoms with van der Waals surface area (Å²) >= 11 is 0. The van der Waals surface area contributed by atoms with Gasteiger partial charge in [-0.05, 0) is 25.1 Å². The molecule has 3 aromatic rings. The number of anilines is 1. The zero-order valence-electron chi connectivity index (χ0n) is 10.2. The van der Waals surface area contributed by atoms with Crippen molar-refractivity contribution in [2.24, 2.45) is 7.05 Å². The van der Waals surface area contributed by atoms with E-state index in [1.807, 2.05) is 25.1 Å². The lowest BCUT2D eigenvalue weighted by atomic mass is 10.1. The Morgan fingerprint density at radius 2 is 2.11 bits per heavy atom. The number of aromatic amines is 1. The second kappa shape index (κ2) is 3.53. The van der Waals surface area contributed by atoms with Gasteiger partial charge in [-0.25, -0.2) is 0 Å². The fraction of sp³-hybridized carbons (Fsp3) is 0.154. The van der Waals surface area contributed by atoms with E-state index in [-0.39, 0.29) is 5.75 Å². The Morgan fingerprint density at radius 1 is 1.33 bits per heavy atom. The molecule has 3 rings (SSSR count). The van der Waals surface area contributed by atoms with E-state index in [0.29, 0.717) is 17.1 Å². The summed E-state index contributed by atoms with van der Waals surface area (Å²) in [5.74, 6) is 0.796. The van der Waals surface area contributed by atoms with Crippen molar-refractivity contribution in [2.45, 2.75) is 6.92 Å². The minimum Gasteiger partial charge on any atom is -0.507 e. The standard InChI is InChI=1S/C13H14N4O/c1-7-5-9-10(15-7)4-3-8(13(9)18)11-6-12(14)17(2)16-11/h3-6,15,18H,14H2,1-2H3. The van der Waals surface area contributed by atoms with Crippen LogP contribution in [-0.2, 0) is 7.05 Å². The largest absolute Gasteiger partial charge is 0.507 e. The van der Waals surface area contributed by atoms with Crippen molar-refractivity contribution in [3.8, 4) is 17.0 Å². The van der Waals surface area contributed by atoms with Crippen LogP contribution in [0, 0.1) is 6.92 Å². The minimum absolute atomic E-state index is 0.231. The van der Waals surface area contributed by atoms with Crippen LogP contribution in [-0.4, -0.2) is 19.9 Å². The summed E-state index contributed by atoms with van der Waals surface area (Å²) in [6.45, 7) is 1.96. The molecular weight excluding hydrogens is 228 g/mol. The number of H-pyrrole nitrogens is 1. The number of aryl methyl sites for hydroxylation is 2. The Balaban J connectivity index is 2.26. The average Bonchev–Trinajstić information content (AvgIpc) is 2.84. The van der Waals surface area contributed by atoms with Gasteiger partial charge in [-0.1, -0.05) is 0 Å². The van der Waals surface area contributed by atoms with Gasteiger partial charge in [0.25, 0.3) is 0 Å². The number of hydrogen-bond donors (Lipinski definition) is 3. The van der Waals surface area contributed by atoms with Gasteiger partial charge in [-0.3, -0.25) is 4.68 Å². The van der Waals surface area contributed by atoms with Gasteiger partial charge < -0.3 is 15.8 Å². The lowest BCUT2D eigenvalue weighted by Crippen LogP contribution is -1.96. The molecule has 0 radical (unpaired) electrons. The Kier molecular flexibility index (Phi) is 2.10. The van der Waals surface area contributed by atoms with Crippen LogP contribution in [0.4, 0.5) is 5.82 Å². The Morgan fingerprint density at radius 3 is 2.78 bits per heavy atom. The molecule has 0 bridgehead atoms. The van der Waals surface area contributed by atoms with Crippen molar-refractivity contribution in [1.29, 1.82) is 0 Å². The molecule has 0 aliphatic carbocycles. The summed E-state index contributed by atoms with van der Waals surface area (Å²) in [5.41, 5.74) is 9.05. The van der Waals surface area contributed by atoms with Gasteiger partial charge in [0.1, 0.15) is 11.6 Å². The van der Waals surface area contributed by atoms with Crippen molar-refractivity contribution in [3.05, 3.63) is 30.0 Å². The average molecular weight is 242 g/mol. The van der Waals surface area contributed by atoms with Gasteiger partial charge in [0, 0.05) is 35.3 Å². The molecule has 0 aliphatic heterocycles. The Labute approximate surface area is 104 Å². The topological polar surface area (TPSA) is 79.9 Å². The first-order valence-electron chi connectivity index (χ1n) is 5.67. The quantitative estimate of drug-likeness (QED) is 0.611. The molecule has 0 atom stereocenters. The van der Waals surface area contributed by atoms with Gasteiger partial charge in [-0.2, -0.15) is 5.10 Å². The number of phenols is 1. The highest BCUT2D eigenvalue weighted by atomic mass is 16.3. The highest BCUT2D eigenvalue weighted by molar-refractivity contribution is 5.93. The molecule has 92 valence electrons. The lowest BCUT2D eigenvalue weighted by molar-refractivity contribution is 0.483. The number of aromatic nitrogens is 3. The summed E-state index contributed by atoms with van der Waals surface area (Å²) in [7, 11) is 1.77. The number of benzene rings is 1. The number of fused-ring (bicyclic) bond motifs is 1. The molecule has 0 fully saturated rings. The highest BCUT2D eigenvalue weighted by Gasteiger charge is 2.13. The van der Waals surface area contributed by atoms with Crippen molar-refractivity contribution in [3.63, 3.8) is 0 Å². The zero-order valence-corrected chi connectivity index (χ0v) is 10.2. The first-order chi connectivity index (χ1) is 8.56. The van der Waals surface area contributed by atoms with Crippen LogP contribution in [0.25, 0.3) is 22.2 Å². The molecular formula is C13H14N4O. The monoisotopic (exact) mass is 242 g/mol. The van der Waals surface area contributed by atoms with Crippen LogP contribution >= 0.6 is 0 Å². The second-order valence-electron chi connectivity index (χ2n) is 4.45. The first kappa shape index (κ1) is 10.7. The molecule has 5 heteroatoms. The Hall–Kier alpha value is -2.43. The van der Waals surface area contributed by atoms with Crippen molar-refractivity contribution in [1.82, 2.24) is 14.8 Å². The van der Waals surface area contributed by atoms with Crippen LogP contribution in [0.2, 0.25) is 0 Å². The summed E-state index contributed by atoms with van der Waals surface area (Å²) in [6.07, 6.45) is 0. The maximum absolute atomic E-state index is 10.3. The van der Waals surface area contributed by atoms with E-state index in [9.17, 15) is 5.11 Å². The number of hydrogen-bond acceptors (Lipinski definition) is 3. The van der Waals surface area contributed by atoms with Crippen molar-refractivity contribution in [2.75, 3.05) is 5.73 Å². The maximum atomic E-state index is 10.3. The van der Waals surface area contributed by atoms with Gasteiger partial charge in [0.2, 0.25) is 0 Å². The molecule has 2 aromatic heterocycles. The van der Waals surface area contributed by atoms with Gasteiger partial charge in [-0.15, -0.1) is 0 Å². The number of nitrogen functional groups attached to an aromatic ring is 1. The smallest absolute Gasteiger partial charge is 0.134 e. The zero-order chi connectivity index (χ0) is 12.9. The molecule has 0 spiro atoms. The SMILES string of the molecule is Cc1cc2c(O)c(-c3cc(N)n(C)n3)ccc2[nH]1. The fourth-order valence-electron chi connectivity index (χ4n) is 2.15. The van der Waals surface area contributed by atoms with Crippen LogP contribution in [0.1, 0.15) is 5.69 Å². The van der Waals surface area contributed by atoms with Crippen LogP contribution in [0.5, 0.6) is 5.75 Å². The molecule has 4 N–H and O–H groups in total. The van der Waals surface area contributed by atoms with Crippen LogP contribution in [0.15, 0.2) is 24.3 Å². The van der Waals surface area contributed by atoms with Crippen LogP contribution < -0.4 is 5.73 Å². The molecule has 0 amide bonds. The molecule has 0 unspecified atom stereocenters. The van der Waals surface area contributed by atoms with E-state index < -0.39 is 0 Å². The van der Waals surface area contributed by atoms with E-state index in [1.54, 1.807) is 17.8 Å². The summed E-state index contributed by atoms with van der Waals surface area (Å²) in [4.78, 5) is 3.18. The molecule has 2 heterocycles. The van der Waals surface area contributed by atoms with Crippen LogP contribution in [0.3, 0.4) is 0 Å². The molecule has 0 saturated carbocycles. The normalized spacial score (nSPS) is 11.2. The van der Waals surface area contributed by atoms with E-state index in [1.165, 1.54) is 0 Å². The predicted molar refractivity (Wildman–Crippen MR) is 71.3 cm³/mol. The molecule has 18 heavy (non-hydrogen) atoms. The van der Waals surface area contributed by atoms with E-state index in [0.717, 1.165) is 16.6 Å². The predicted octanol–water partition coefficient (Wildman–Crippen LogP) is 2.16. The fourth-order valence-corrected chi connectivity index (χ4v) is 2.15. The van der Waals surface area contributed by atoms with E-state index in [2.05, 4.69) is 10.1 Å².